The van der Waals surface area contributed by atoms with Gasteiger partial charge in [0, 0.05) is 10.0 Å². The number of nitrogens with two attached hydrogens (primary N) is 1. The number of benzene rings is 2. The average Bonchev–Trinajstić information content (AvgIpc) is 2.49. The Morgan fingerprint density at radius 1 is 1.29 bits per heavy atom. The highest BCUT2D eigenvalue weighted by atomic mass is 79.9. The third kappa shape index (κ3) is 3.58. The van der Waals surface area contributed by atoms with E-state index in [0.29, 0.717) is 11.1 Å². The predicted octanol–water partition coefficient (Wildman–Crippen LogP) is 3.48. The highest BCUT2D eigenvalue weighted by molar-refractivity contribution is 9.10. The molecule has 6 heteroatoms. The van der Waals surface area contributed by atoms with Gasteiger partial charge in [-0.2, -0.15) is 0 Å². The van der Waals surface area contributed by atoms with Crippen molar-refractivity contribution in [2.75, 3.05) is 7.11 Å². The Labute approximate surface area is 130 Å². The van der Waals surface area contributed by atoms with E-state index < -0.39 is 17.7 Å². The molecular weight excluding hydrogens is 342 g/mol. The molecule has 112 valence electrons. The van der Waals surface area contributed by atoms with E-state index in [1.54, 1.807) is 24.3 Å². The predicted molar refractivity (Wildman–Crippen MR) is 80.8 cm³/mol. The second kappa shape index (κ2) is 6.98. The van der Waals surface area contributed by atoms with Crippen molar-refractivity contribution in [2.24, 2.45) is 5.84 Å². The molecule has 21 heavy (non-hydrogen) atoms. The van der Waals surface area contributed by atoms with Crippen molar-refractivity contribution < 1.29 is 13.5 Å². The van der Waals surface area contributed by atoms with E-state index in [1.165, 1.54) is 19.2 Å². The van der Waals surface area contributed by atoms with Gasteiger partial charge in [0.25, 0.3) is 0 Å². The summed E-state index contributed by atoms with van der Waals surface area (Å²) in [6.07, 6.45) is 0.201. The number of ether oxygens (including phenoxy) is 1. The van der Waals surface area contributed by atoms with E-state index in [0.717, 1.165) is 4.47 Å². The Kier molecular flexibility index (Phi) is 5.27. The van der Waals surface area contributed by atoms with E-state index in [-0.39, 0.29) is 12.2 Å². The number of halogens is 3. The van der Waals surface area contributed by atoms with E-state index in [2.05, 4.69) is 21.4 Å². The van der Waals surface area contributed by atoms with Crippen molar-refractivity contribution in [2.45, 2.75) is 12.5 Å². The minimum Gasteiger partial charge on any atom is -0.494 e. The summed E-state index contributed by atoms with van der Waals surface area (Å²) in [6.45, 7) is 0. The lowest BCUT2D eigenvalue weighted by molar-refractivity contribution is 0.382. The fourth-order valence-electron chi connectivity index (χ4n) is 2.13. The van der Waals surface area contributed by atoms with Gasteiger partial charge in [0.1, 0.15) is 5.82 Å². The van der Waals surface area contributed by atoms with Crippen LogP contribution >= 0.6 is 15.9 Å². The maximum atomic E-state index is 14.2. The fourth-order valence-corrected chi connectivity index (χ4v) is 2.51. The topological polar surface area (TPSA) is 47.3 Å². The molecule has 3 nitrogen and oxygen atoms in total. The van der Waals surface area contributed by atoms with Crippen LogP contribution in [-0.4, -0.2) is 7.11 Å². The highest BCUT2D eigenvalue weighted by Crippen LogP contribution is 2.27. The van der Waals surface area contributed by atoms with Crippen LogP contribution in [0.4, 0.5) is 8.78 Å². The van der Waals surface area contributed by atoms with Crippen molar-refractivity contribution >= 4 is 15.9 Å². The molecule has 0 aliphatic rings. The van der Waals surface area contributed by atoms with Gasteiger partial charge in [-0.05, 0) is 36.2 Å². The SMILES string of the molecule is COc1cccc(CC(NN)c2cc(Br)ccc2F)c1F. The van der Waals surface area contributed by atoms with E-state index in [1.807, 2.05) is 0 Å². The average molecular weight is 357 g/mol. The van der Waals surface area contributed by atoms with Gasteiger partial charge in [-0.25, -0.2) is 8.78 Å². The largest absolute Gasteiger partial charge is 0.494 e. The van der Waals surface area contributed by atoms with Crippen LogP contribution in [0, 0.1) is 11.6 Å². The van der Waals surface area contributed by atoms with Crippen LogP contribution in [0.2, 0.25) is 0 Å². The van der Waals surface area contributed by atoms with Gasteiger partial charge in [0.05, 0.1) is 13.2 Å². The normalized spacial score (nSPS) is 12.2. The second-order valence-corrected chi connectivity index (χ2v) is 5.44. The number of nitrogens with one attached hydrogen (secondary N) is 1. The van der Waals surface area contributed by atoms with Crippen molar-refractivity contribution in [3.05, 3.63) is 63.6 Å². The van der Waals surface area contributed by atoms with Crippen LogP contribution in [-0.2, 0) is 6.42 Å². The summed E-state index contributed by atoms with van der Waals surface area (Å²) in [4.78, 5) is 0. The molecule has 0 aliphatic carbocycles. The maximum Gasteiger partial charge on any atom is 0.168 e. The van der Waals surface area contributed by atoms with Crippen LogP contribution in [0.15, 0.2) is 40.9 Å². The van der Waals surface area contributed by atoms with Gasteiger partial charge < -0.3 is 4.74 Å². The van der Waals surface area contributed by atoms with Gasteiger partial charge >= 0.3 is 0 Å². The number of rotatable bonds is 5. The molecular formula is C15H15BrF2N2O. The number of hydrogen-bond acceptors (Lipinski definition) is 3. The first-order chi connectivity index (χ1) is 10.1. The van der Waals surface area contributed by atoms with Gasteiger partial charge in [-0.15, -0.1) is 0 Å². The molecule has 2 rings (SSSR count). The molecule has 0 radical (unpaired) electrons. The van der Waals surface area contributed by atoms with Crippen molar-refractivity contribution in [1.82, 2.24) is 5.43 Å². The lowest BCUT2D eigenvalue weighted by Crippen LogP contribution is -2.30. The summed E-state index contributed by atoms with van der Waals surface area (Å²) in [6, 6.07) is 8.84. The third-order valence-corrected chi connectivity index (χ3v) is 3.72. The quantitative estimate of drug-likeness (QED) is 0.636. The van der Waals surface area contributed by atoms with Gasteiger partial charge in [-0.1, -0.05) is 28.1 Å². The van der Waals surface area contributed by atoms with E-state index in [9.17, 15) is 8.78 Å². The van der Waals surface area contributed by atoms with Crippen LogP contribution in [0.5, 0.6) is 5.75 Å². The Hall–Kier alpha value is -1.50. The van der Waals surface area contributed by atoms with Gasteiger partial charge in [-0.3, -0.25) is 11.3 Å². The molecule has 0 aromatic heterocycles. The molecule has 0 saturated heterocycles. The van der Waals surface area contributed by atoms with Crippen molar-refractivity contribution in [3.8, 4) is 5.75 Å². The van der Waals surface area contributed by atoms with Gasteiger partial charge in [0.15, 0.2) is 11.6 Å². The second-order valence-electron chi connectivity index (χ2n) is 4.52. The lowest BCUT2D eigenvalue weighted by Gasteiger charge is -2.18. The minimum atomic E-state index is -0.552. The zero-order valence-corrected chi connectivity index (χ0v) is 13.0. The molecule has 0 spiro atoms. The third-order valence-electron chi connectivity index (χ3n) is 3.22. The van der Waals surface area contributed by atoms with Crippen molar-refractivity contribution in [1.29, 1.82) is 0 Å². The first-order valence-corrected chi connectivity index (χ1v) is 7.08. The highest BCUT2D eigenvalue weighted by Gasteiger charge is 2.18. The monoisotopic (exact) mass is 356 g/mol. The molecule has 3 N–H and O–H groups in total. The Morgan fingerprint density at radius 3 is 2.71 bits per heavy atom. The summed E-state index contributed by atoms with van der Waals surface area (Å²) in [5.74, 6) is 4.80. The smallest absolute Gasteiger partial charge is 0.168 e. The van der Waals surface area contributed by atoms with Crippen LogP contribution in [0.3, 0.4) is 0 Å². The van der Waals surface area contributed by atoms with Crippen LogP contribution < -0.4 is 16.0 Å². The zero-order valence-electron chi connectivity index (χ0n) is 11.4. The molecule has 2 aromatic carbocycles. The summed E-state index contributed by atoms with van der Waals surface area (Å²) in [5, 5.41) is 0. The standard InChI is InChI=1S/C15H15BrF2N2O/c1-21-14-4-2-3-9(15(14)18)7-13(20-19)11-8-10(16)5-6-12(11)17/h2-6,8,13,20H,7,19H2,1H3. The first-order valence-electron chi connectivity index (χ1n) is 6.29. The lowest BCUT2D eigenvalue weighted by atomic mass is 9.98. The molecule has 2 aromatic rings. The zero-order chi connectivity index (χ0) is 15.4. The molecule has 1 atom stereocenters. The summed E-state index contributed by atoms with van der Waals surface area (Å²) in [7, 11) is 1.40. The maximum absolute atomic E-state index is 14.2. The van der Waals surface area contributed by atoms with E-state index in [4.69, 9.17) is 10.6 Å². The Balaban J connectivity index is 2.33. The number of hydrogen-bond donors (Lipinski definition) is 2. The van der Waals surface area contributed by atoms with Crippen LogP contribution in [0.25, 0.3) is 0 Å². The van der Waals surface area contributed by atoms with Crippen LogP contribution in [0.1, 0.15) is 17.2 Å². The Morgan fingerprint density at radius 2 is 2.05 bits per heavy atom. The van der Waals surface area contributed by atoms with Gasteiger partial charge in [0.2, 0.25) is 0 Å². The molecule has 0 aliphatic heterocycles. The summed E-state index contributed by atoms with van der Waals surface area (Å²) >= 11 is 3.29. The van der Waals surface area contributed by atoms with Crippen molar-refractivity contribution in [3.63, 3.8) is 0 Å². The molecule has 0 fully saturated rings. The Bertz CT molecular complexity index is 637. The molecule has 0 amide bonds. The first kappa shape index (κ1) is 15.9. The number of hydrazine groups is 1. The minimum absolute atomic E-state index is 0.151. The summed E-state index contributed by atoms with van der Waals surface area (Å²) < 4.78 is 33.8. The summed E-state index contributed by atoms with van der Waals surface area (Å²) in [5.41, 5.74) is 3.30. The fraction of sp³-hybridized carbons (Fsp3) is 0.200. The van der Waals surface area contributed by atoms with E-state index >= 15 is 0 Å². The number of methoxy groups -OCH3 is 1. The molecule has 0 heterocycles. The molecule has 1 unspecified atom stereocenters. The molecule has 0 bridgehead atoms. The molecule has 0 saturated carbocycles.